The van der Waals surface area contributed by atoms with Crippen molar-refractivity contribution in [1.29, 1.82) is 0 Å². The van der Waals surface area contributed by atoms with Gasteiger partial charge < -0.3 is 4.74 Å². The van der Waals surface area contributed by atoms with Crippen LogP contribution in [-0.4, -0.2) is 35.5 Å². The van der Waals surface area contributed by atoms with Gasteiger partial charge in [0.15, 0.2) is 0 Å². The Kier molecular flexibility index (Phi) is 5.67. The molecule has 0 atom stereocenters. The fourth-order valence-corrected chi connectivity index (χ4v) is 0.465. The van der Waals surface area contributed by atoms with Gasteiger partial charge in [-0.05, 0) is 6.42 Å². The van der Waals surface area contributed by atoms with E-state index < -0.39 is 5.39 Å². The van der Waals surface area contributed by atoms with E-state index in [9.17, 15) is 4.79 Å². The van der Waals surface area contributed by atoms with E-state index in [0.717, 1.165) is 0 Å². The maximum absolute atomic E-state index is 10.4. The van der Waals surface area contributed by atoms with Crippen LogP contribution in [0.1, 0.15) is 12.8 Å². The standard InChI is InChI=1S/C5H11NO5/c1-10-5(7)3-2-4-11-6(8)9/h8-9H,2-4H2,1H3. The number of nitrogens with zero attached hydrogens (tertiary/aromatic N) is 1. The van der Waals surface area contributed by atoms with Gasteiger partial charge >= 0.3 is 5.97 Å². The van der Waals surface area contributed by atoms with Crippen LogP contribution in [0.4, 0.5) is 0 Å². The van der Waals surface area contributed by atoms with Crippen LogP contribution < -0.4 is 0 Å². The molecule has 0 heterocycles. The number of carbonyl (C=O) groups is 1. The molecule has 6 heteroatoms. The first-order valence-electron chi connectivity index (χ1n) is 3.04. The molecule has 0 spiro atoms. The highest BCUT2D eigenvalue weighted by molar-refractivity contribution is 5.68. The molecule has 0 amide bonds. The van der Waals surface area contributed by atoms with Crippen LogP contribution in [0.25, 0.3) is 0 Å². The van der Waals surface area contributed by atoms with Gasteiger partial charge in [-0.3, -0.25) is 20.0 Å². The Bertz CT molecular complexity index is 115. The quantitative estimate of drug-likeness (QED) is 0.338. The van der Waals surface area contributed by atoms with Crippen molar-refractivity contribution in [2.24, 2.45) is 0 Å². The first-order chi connectivity index (χ1) is 5.16. The normalized spacial score (nSPS) is 10.2. The molecule has 0 radical (unpaired) electrons. The van der Waals surface area contributed by atoms with E-state index in [0.29, 0.717) is 6.42 Å². The topological polar surface area (TPSA) is 79.2 Å². The molecule has 0 aliphatic carbocycles. The molecule has 0 fully saturated rings. The third kappa shape index (κ3) is 7.20. The summed E-state index contributed by atoms with van der Waals surface area (Å²) in [5.74, 6) is -0.351. The second-order valence-electron chi connectivity index (χ2n) is 1.77. The highest BCUT2D eigenvalue weighted by Crippen LogP contribution is 1.92. The van der Waals surface area contributed by atoms with Gasteiger partial charge in [-0.2, -0.15) is 0 Å². The zero-order chi connectivity index (χ0) is 8.69. The van der Waals surface area contributed by atoms with Gasteiger partial charge in [0, 0.05) is 6.42 Å². The highest BCUT2D eigenvalue weighted by atomic mass is 17.1. The maximum atomic E-state index is 10.4. The molecule has 0 aliphatic rings. The molecule has 66 valence electrons. The zero-order valence-corrected chi connectivity index (χ0v) is 6.19. The van der Waals surface area contributed by atoms with E-state index in [-0.39, 0.29) is 19.0 Å². The largest absolute Gasteiger partial charge is 0.469 e. The SMILES string of the molecule is COC(=O)CCCON(O)O. The Balaban J connectivity index is 3.08. The molecule has 6 nitrogen and oxygen atoms in total. The average Bonchev–Trinajstić information content (AvgIpc) is 1.97. The van der Waals surface area contributed by atoms with E-state index in [2.05, 4.69) is 9.57 Å². The van der Waals surface area contributed by atoms with Gasteiger partial charge in [0.1, 0.15) is 0 Å². The Morgan fingerprint density at radius 2 is 2.18 bits per heavy atom. The van der Waals surface area contributed by atoms with Crippen LogP contribution in [0.15, 0.2) is 0 Å². The lowest BCUT2D eigenvalue weighted by Crippen LogP contribution is -2.15. The van der Waals surface area contributed by atoms with Gasteiger partial charge in [-0.15, -0.1) is 0 Å². The molecule has 0 aliphatic heterocycles. The third-order valence-electron chi connectivity index (χ3n) is 0.960. The first kappa shape index (κ1) is 10.3. The number of ether oxygens (including phenoxy) is 1. The van der Waals surface area contributed by atoms with Crippen molar-refractivity contribution < 1.29 is 24.8 Å². The Labute approximate surface area is 63.8 Å². The lowest BCUT2D eigenvalue weighted by Gasteiger charge is -2.04. The third-order valence-corrected chi connectivity index (χ3v) is 0.960. The Hall–Kier alpha value is -0.690. The minimum Gasteiger partial charge on any atom is -0.469 e. The maximum Gasteiger partial charge on any atom is 0.305 e. The zero-order valence-electron chi connectivity index (χ0n) is 6.19. The molecular formula is C5H11NO5. The Morgan fingerprint density at radius 3 is 2.64 bits per heavy atom. The second-order valence-corrected chi connectivity index (χ2v) is 1.77. The van der Waals surface area contributed by atoms with Gasteiger partial charge in [0.05, 0.1) is 19.1 Å². The molecule has 11 heavy (non-hydrogen) atoms. The fraction of sp³-hybridized carbons (Fsp3) is 0.800. The second kappa shape index (κ2) is 6.05. The van der Waals surface area contributed by atoms with E-state index in [1.807, 2.05) is 0 Å². The molecule has 0 saturated carbocycles. The lowest BCUT2D eigenvalue weighted by atomic mass is 10.3. The molecule has 0 unspecified atom stereocenters. The molecule has 0 saturated heterocycles. The van der Waals surface area contributed by atoms with E-state index in [1.165, 1.54) is 7.11 Å². The summed E-state index contributed by atoms with van der Waals surface area (Å²) in [6.07, 6.45) is 0.578. The summed E-state index contributed by atoms with van der Waals surface area (Å²) in [7, 11) is 1.29. The fourth-order valence-electron chi connectivity index (χ4n) is 0.465. The monoisotopic (exact) mass is 165 g/mol. The summed E-state index contributed by atoms with van der Waals surface area (Å²) in [4.78, 5) is 14.6. The van der Waals surface area contributed by atoms with Crippen LogP contribution in [0, 0.1) is 0 Å². The van der Waals surface area contributed by atoms with Crippen molar-refractivity contribution in [3.63, 3.8) is 0 Å². The predicted molar refractivity (Wildman–Crippen MR) is 32.6 cm³/mol. The smallest absolute Gasteiger partial charge is 0.305 e. The van der Waals surface area contributed by atoms with Crippen LogP contribution in [0.3, 0.4) is 0 Å². The number of rotatable bonds is 5. The van der Waals surface area contributed by atoms with Crippen LogP contribution >= 0.6 is 0 Å². The Morgan fingerprint density at radius 1 is 1.55 bits per heavy atom. The minimum atomic E-state index is -0.392. The number of methoxy groups -OCH3 is 1. The average molecular weight is 165 g/mol. The summed E-state index contributed by atoms with van der Waals surface area (Å²) in [6, 6.07) is 0. The number of esters is 1. The van der Waals surface area contributed by atoms with Gasteiger partial charge in [0.25, 0.3) is 0 Å². The van der Waals surface area contributed by atoms with Crippen molar-refractivity contribution in [2.75, 3.05) is 13.7 Å². The first-order valence-corrected chi connectivity index (χ1v) is 3.04. The molecule has 2 N–H and O–H groups in total. The molecule has 0 aromatic carbocycles. The van der Waals surface area contributed by atoms with E-state index >= 15 is 0 Å². The summed E-state index contributed by atoms with van der Waals surface area (Å²) in [5.41, 5.74) is 0. The summed E-state index contributed by atoms with van der Waals surface area (Å²) in [6.45, 7) is 0.0576. The number of hydrogen-bond donors (Lipinski definition) is 2. The van der Waals surface area contributed by atoms with Crippen LogP contribution in [0.2, 0.25) is 0 Å². The molecule has 0 bridgehead atoms. The van der Waals surface area contributed by atoms with E-state index in [4.69, 9.17) is 10.4 Å². The summed E-state index contributed by atoms with van der Waals surface area (Å²) in [5, 5.41) is 15.7. The summed E-state index contributed by atoms with van der Waals surface area (Å²) < 4.78 is 4.32. The van der Waals surface area contributed by atoms with Crippen LogP contribution in [0.5, 0.6) is 0 Å². The molecule has 0 aromatic rings. The van der Waals surface area contributed by atoms with Gasteiger partial charge in [0.2, 0.25) is 0 Å². The predicted octanol–water partition coefficient (Wildman–Crippen LogP) is -0.0484. The number of hydrogen-bond acceptors (Lipinski definition) is 6. The van der Waals surface area contributed by atoms with Crippen molar-refractivity contribution in [1.82, 2.24) is 5.39 Å². The van der Waals surface area contributed by atoms with Crippen LogP contribution in [-0.2, 0) is 14.4 Å². The number of carbonyl (C=O) groups excluding carboxylic acids is 1. The molecular weight excluding hydrogens is 154 g/mol. The molecule has 0 rings (SSSR count). The highest BCUT2D eigenvalue weighted by Gasteiger charge is 2.00. The lowest BCUT2D eigenvalue weighted by molar-refractivity contribution is -0.492. The van der Waals surface area contributed by atoms with Crippen molar-refractivity contribution >= 4 is 5.97 Å². The van der Waals surface area contributed by atoms with E-state index in [1.54, 1.807) is 0 Å². The van der Waals surface area contributed by atoms with Crippen molar-refractivity contribution in [2.45, 2.75) is 12.8 Å². The van der Waals surface area contributed by atoms with Gasteiger partial charge in [-0.25, -0.2) is 0 Å². The van der Waals surface area contributed by atoms with Gasteiger partial charge in [-0.1, -0.05) is 0 Å². The summed E-state index contributed by atoms with van der Waals surface area (Å²) >= 11 is 0. The minimum absolute atomic E-state index is 0.0576. The van der Waals surface area contributed by atoms with Crippen molar-refractivity contribution in [3.05, 3.63) is 0 Å². The molecule has 0 aromatic heterocycles. The van der Waals surface area contributed by atoms with Crippen molar-refractivity contribution in [3.8, 4) is 0 Å².